The summed E-state index contributed by atoms with van der Waals surface area (Å²) in [5, 5.41) is 0. The first-order valence-corrected chi connectivity index (χ1v) is 5.14. The minimum atomic E-state index is -0.920. The van der Waals surface area contributed by atoms with Gasteiger partial charge in [-0.3, -0.25) is 9.59 Å². The highest BCUT2D eigenvalue weighted by atomic mass is 19.1. The van der Waals surface area contributed by atoms with E-state index >= 15 is 0 Å². The van der Waals surface area contributed by atoms with Crippen molar-refractivity contribution in [3.8, 4) is 0 Å². The summed E-state index contributed by atoms with van der Waals surface area (Å²) < 4.78 is 27.6. The van der Waals surface area contributed by atoms with Gasteiger partial charge in [0.2, 0.25) is 0 Å². The molecule has 0 fully saturated rings. The number of hydrogen-bond acceptors (Lipinski definition) is 2. The number of halogens is 2. The van der Waals surface area contributed by atoms with Crippen LogP contribution in [0.2, 0.25) is 0 Å². The maximum absolute atomic E-state index is 13.4. The van der Waals surface area contributed by atoms with E-state index in [2.05, 4.69) is 0 Å². The first-order valence-electron chi connectivity index (χ1n) is 5.14. The van der Waals surface area contributed by atoms with Gasteiger partial charge in [-0.1, -0.05) is 0 Å². The standard InChI is InChI=1S/C13H9F2NO2/c1-16-6-8(4-10(16)7-17)13(18)11-3-2-9(14)5-12(11)15/h2-7H,1H3. The van der Waals surface area contributed by atoms with Gasteiger partial charge in [-0.2, -0.15) is 0 Å². The van der Waals surface area contributed by atoms with E-state index in [0.29, 0.717) is 18.0 Å². The highest BCUT2D eigenvalue weighted by Crippen LogP contribution is 2.16. The number of carbonyl (C=O) groups excluding carboxylic acids is 2. The first kappa shape index (κ1) is 12.2. The Bertz CT molecular complexity index is 632. The molecule has 5 heteroatoms. The zero-order valence-electron chi connectivity index (χ0n) is 9.48. The first-order chi connectivity index (χ1) is 8.52. The fourth-order valence-corrected chi connectivity index (χ4v) is 1.65. The third kappa shape index (κ3) is 2.07. The SMILES string of the molecule is Cn1cc(C(=O)c2ccc(F)cc2F)cc1C=O. The lowest BCUT2D eigenvalue weighted by Crippen LogP contribution is -2.03. The second-order valence-corrected chi connectivity index (χ2v) is 3.84. The van der Waals surface area contributed by atoms with Gasteiger partial charge in [0.1, 0.15) is 11.6 Å². The van der Waals surface area contributed by atoms with Crippen molar-refractivity contribution < 1.29 is 18.4 Å². The number of rotatable bonds is 3. The van der Waals surface area contributed by atoms with Gasteiger partial charge >= 0.3 is 0 Å². The van der Waals surface area contributed by atoms with Gasteiger partial charge in [-0.25, -0.2) is 8.78 Å². The predicted molar refractivity (Wildman–Crippen MR) is 60.6 cm³/mol. The molecule has 0 radical (unpaired) electrons. The number of hydrogen-bond donors (Lipinski definition) is 0. The van der Waals surface area contributed by atoms with Gasteiger partial charge in [-0.15, -0.1) is 0 Å². The second kappa shape index (κ2) is 4.52. The Hall–Kier alpha value is -2.30. The van der Waals surface area contributed by atoms with Crippen LogP contribution in [0.3, 0.4) is 0 Å². The van der Waals surface area contributed by atoms with E-state index in [4.69, 9.17) is 0 Å². The van der Waals surface area contributed by atoms with E-state index < -0.39 is 17.4 Å². The highest BCUT2D eigenvalue weighted by molar-refractivity contribution is 6.09. The van der Waals surface area contributed by atoms with Gasteiger partial charge in [0.15, 0.2) is 12.1 Å². The Balaban J connectivity index is 2.44. The van der Waals surface area contributed by atoms with Crippen molar-refractivity contribution in [3.63, 3.8) is 0 Å². The molecule has 1 heterocycles. The van der Waals surface area contributed by atoms with Crippen LogP contribution in [0.5, 0.6) is 0 Å². The third-order valence-electron chi connectivity index (χ3n) is 2.60. The van der Waals surface area contributed by atoms with Gasteiger partial charge in [0.05, 0.1) is 11.3 Å². The molecule has 0 aliphatic carbocycles. The number of benzene rings is 1. The van der Waals surface area contributed by atoms with Crippen LogP contribution < -0.4 is 0 Å². The van der Waals surface area contributed by atoms with Crippen LogP contribution in [0.4, 0.5) is 8.78 Å². The quantitative estimate of drug-likeness (QED) is 0.618. The second-order valence-electron chi connectivity index (χ2n) is 3.84. The summed E-state index contributed by atoms with van der Waals surface area (Å²) in [6.07, 6.45) is 2.02. The lowest BCUT2D eigenvalue weighted by Gasteiger charge is -2.00. The molecule has 0 N–H and O–H groups in total. The Labute approximate surface area is 102 Å². The van der Waals surface area contributed by atoms with Crippen molar-refractivity contribution in [2.45, 2.75) is 0 Å². The molecular weight excluding hydrogens is 240 g/mol. The summed E-state index contributed by atoms with van der Waals surface area (Å²) >= 11 is 0. The minimum absolute atomic E-state index is 0.185. The van der Waals surface area contributed by atoms with Crippen molar-refractivity contribution >= 4 is 12.1 Å². The van der Waals surface area contributed by atoms with E-state index in [-0.39, 0.29) is 11.1 Å². The number of carbonyl (C=O) groups is 2. The molecule has 0 saturated heterocycles. The average Bonchev–Trinajstić information content (AvgIpc) is 2.70. The van der Waals surface area contributed by atoms with Gasteiger partial charge < -0.3 is 4.57 Å². The Morgan fingerprint density at radius 1 is 1.28 bits per heavy atom. The molecule has 0 bridgehead atoms. The minimum Gasteiger partial charge on any atom is -0.348 e. The molecule has 0 aliphatic rings. The van der Waals surface area contributed by atoms with Crippen molar-refractivity contribution in [1.82, 2.24) is 4.57 Å². The third-order valence-corrected chi connectivity index (χ3v) is 2.60. The normalized spacial score (nSPS) is 10.4. The average molecular weight is 249 g/mol. The van der Waals surface area contributed by atoms with E-state index in [1.165, 1.54) is 16.8 Å². The van der Waals surface area contributed by atoms with Gasteiger partial charge in [0, 0.05) is 24.9 Å². The topological polar surface area (TPSA) is 39.1 Å². The van der Waals surface area contributed by atoms with Crippen molar-refractivity contribution in [3.05, 3.63) is 58.9 Å². The molecule has 0 unspecified atom stereocenters. The fraction of sp³-hybridized carbons (Fsp3) is 0.0769. The maximum Gasteiger partial charge on any atom is 0.197 e. The van der Waals surface area contributed by atoms with E-state index in [0.717, 1.165) is 12.1 Å². The maximum atomic E-state index is 13.4. The number of ketones is 1. The lowest BCUT2D eigenvalue weighted by atomic mass is 10.1. The molecule has 18 heavy (non-hydrogen) atoms. The zero-order chi connectivity index (χ0) is 13.3. The molecule has 0 aliphatic heterocycles. The summed E-state index contributed by atoms with van der Waals surface area (Å²) in [6, 6.07) is 4.11. The Morgan fingerprint density at radius 2 is 2.00 bits per heavy atom. The van der Waals surface area contributed by atoms with Gasteiger partial charge in [0.25, 0.3) is 0 Å². The van der Waals surface area contributed by atoms with Crippen LogP contribution in [-0.4, -0.2) is 16.6 Å². The predicted octanol–water partition coefficient (Wildman–Crippen LogP) is 2.35. The van der Waals surface area contributed by atoms with E-state index in [1.54, 1.807) is 7.05 Å². The monoisotopic (exact) mass is 249 g/mol. The van der Waals surface area contributed by atoms with Crippen LogP contribution in [0.1, 0.15) is 26.4 Å². The molecule has 1 aromatic heterocycles. The number of aldehydes is 1. The molecule has 0 amide bonds. The van der Waals surface area contributed by atoms with Crippen LogP contribution >= 0.6 is 0 Å². The number of nitrogens with zero attached hydrogens (tertiary/aromatic N) is 1. The molecular formula is C13H9F2NO2. The van der Waals surface area contributed by atoms with Crippen LogP contribution in [0.15, 0.2) is 30.5 Å². The summed E-state index contributed by atoms with van der Waals surface area (Å²) in [6.45, 7) is 0. The largest absolute Gasteiger partial charge is 0.348 e. The van der Waals surface area contributed by atoms with Crippen LogP contribution in [0, 0.1) is 11.6 Å². The fourth-order valence-electron chi connectivity index (χ4n) is 1.65. The molecule has 2 aromatic rings. The highest BCUT2D eigenvalue weighted by Gasteiger charge is 2.16. The molecule has 0 saturated carbocycles. The zero-order valence-corrected chi connectivity index (χ0v) is 9.48. The van der Waals surface area contributed by atoms with Crippen molar-refractivity contribution in [2.75, 3.05) is 0 Å². The molecule has 92 valence electrons. The molecule has 2 rings (SSSR count). The van der Waals surface area contributed by atoms with Gasteiger partial charge in [-0.05, 0) is 18.2 Å². The number of aromatic nitrogens is 1. The summed E-state index contributed by atoms with van der Waals surface area (Å²) in [5.74, 6) is -2.25. The lowest BCUT2D eigenvalue weighted by molar-refractivity contribution is 0.103. The smallest absolute Gasteiger partial charge is 0.197 e. The van der Waals surface area contributed by atoms with Crippen LogP contribution in [-0.2, 0) is 7.05 Å². The van der Waals surface area contributed by atoms with E-state index in [9.17, 15) is 18.4 Å². The van der Waals surface area contributed by atoms with Crippen LogP contribution in [0.25, 0.3) is 0 Å². The summed E-state index contributed by atoms with van der Waals surface area (Å²) in [7, 11) is 1.60. The molecule has 0 spiro atoms. The number of aryl methyl sites for hydroxylation is 1. The summed E-state index contributed by atoms with van der Waals surface area (Å²) in [5.41, 5.74) is 0.269. The van der Waals surface area contributed by atoms with Crippen molar-refractivity contribution in [2.24, 2.45) is 7.05 Å². The Morgan fingerprint density at radius 3 is 2.56 bits per heavy atom. The van der Waals surface area contributed by atoms with E-state index in [1.807, 2.05) is 0 Å². The molecule has 1 aromatic carbocycles. The Kier molecular flexibility index (Phi) is 3.06. The molecule has 3 nitrogen and oxygen atoms in total. The molecule has 0 atom stereocenters. The van der Waals surface area contributed by atoms with Crippen molar-refractivity contribution in [1.29, 1.82) is 0 Å². The summed E-state index contributed by atoms with van der Waals surface area (Å²) in [4.78, 5) is 22.6.